The van der Waals surface area contributed by atoms with Crippen molar-refractivity contribution in [2.45, 2.75) is 44.5 Å². The van der Waals surface area contributed by atoms with E-state index in [1.807, 2.05) is 11.4 Å². The van der Waals surface area contributed by atoms with Crippen LogP contribution in [0.15, 0.2) is 26.2 Å². The summed E-state index contributed by atoms with van der Waals surface area (Å²) in [6.45, 7) is 6.42. The molecule has 0 spiro atoms. The summed E-state index contributed by atoms with van der Waals surface area (Å²) in [7, 11) is 0. The molecule has 0 saturated carbocycles. The van der Waals surface area contributed by atoms with Gasteiger partial charge in [-0.3, -0.25) is 9.59 Å². The summed E-state index contributed by atoms with van der Waals surface area (Å²) in [5, 5.41) is 3.12. The first kappa shape index (κ1) is 19.4. The van der Waals surface area contributed by atoms with E-state index in [0.717, 1.165) is 33.5 Å². The summed E-state index contributed by atoms with van der Waals surface area (Å²) in [6, 6.07) is 1.84. The predicted octanol–water partition coefficient (Wildman–Crippen LogP) is 4.47. The number of hydrogen-bond acceptors (Lipinski definition) is 7. The smallest absolute Gasteiger partial charge is 0.268 e. The van der Waals surface area contributed by atoms with Crippen molar-refractivity contribution in [3.8, 4) is 0 Å². The number of thiophene rings is 2. The summed E-state index contributed by atoms with van der Waals surface area (Å²) >= 11 is 4.32. The fourth-order valence-electron chi connectivity index (χ4n) is 3.09. The minimum atomic E-state index is -0.129. The highest BCUT2D eigenvalue weighted by molar-refractivity contribution is 7.98. The maximum Gasteiger partial charge on any atom is 0.268 e. The number of nitrogens with one attached hydrogen (secondary N) is 2. The number of H-pyrrole nitrogens is 2. The predicted molar refractivity (Wildman–Crippen MR) is 118 cm³/mol. The van der Waals surface area contributed by atoms with Gasteiger partial charge < -0.3 is 9.97 Å². The van der Waals surface area contributed by atoms with Crippen LogP contribution in [0.25, 0.3) is 20.4 Å². The summed E-state index contributed by atoms with van der Waals surface area (Å²) < 4.78 is 0.629. The van der Waals surface area contributed by atoms with Crippen molar-refractivity contribution in [1.82, 2.24) is 19.9 Å². The summed E-state index contributed by atoms with van der Waals surface area (Å²) in [5.41, 5.74) is 1.60. The van der Waals surface area contributed by atoms with Crippen molar-refractivity contribution in [1.29, 1.82) is 0 Å². The second-order valence-electron chi connectivity index (χ2n) is 6.84. The third kappa shape index (κ3) is 3.66. The van der Waals surface area contributed by atoms with Gasteiger partial charge in [0.05, 0.1) is 16.7 Å². The zero-order valence-electron chi connectivity index (χ0n) is 15.8. The first-order valence-electron chi connectivity index (χ1n) is 9.07. The lowest BCUT2D eigenvalue weighted by Gasteiger charge is -2.08. The Hall–Kier alpha value is -1.97. The molecule has 4 aromatic heterocycles. The van der Waals surface area contributed by atoms with Gasteiger partial charge in [-0.05, 0) is 36.3 Å². The maximum atomic E-state index is 12.7. The van der Waals surface area contributed by atoms with Crippen LogP contribution in [0.3, 0.4) is 0 Å². The average molecular weight is 433 g/mol. The lowest BCUT2D eigenvalue weighted by atomic mass is 9.98. The second-order valence-corrected chi connectivity index (χ2v) is 9.93. The SMILES string of the molecule is CCC(C)Cc1c(C)sc2nc(SCc3nc4ccsc4c(=O)[nH]3)[nH]c(=O)c12. The fraction of sp³-hybridized carbons (Fsp3) is 0.368. The van der Waals surface area contributed by atoms with Crippen LogP contribution in [0.5, 0.6) is 0 Å². The van der Waals surface area contributed by atoms with Crippen molar-refractivity contribution in [2.75, 3.05) is 0 Å². The van der Waals surface area contributed by atoms with Gasteiger partial charge in [-0.1, -0.05) is 32.0 Å². The first-order valence-corrected chi connectivity index (χ1v) is 11.8. The minimum Gasteiger partial charge on any atom is -0.309 e. The van der Waals surface area contributed by atoms with E-state index in [9.17, 15) is 9.59 Å². The molecule has 146 valence electrons. The van der Waals surface area contributed by atoms with Crippen molar-refractivity contribution in [3.05, 3.63) is 48.4 Å². The lowest BCUT2D eigenvalue weighted by molar-refractivity contribution is 0.561. The Morgan fingerprint density at radius 1 is 1.21 bits per heavy atom. The molecule has 4 aromatic rings. The Labute approximate surface area is 173 Å². The van der Waals surface area contributed by atoms with Gasteiger partial charge in [0, 0.05) is 4.88 Å². The van der Waals surface area contributed by atoms with Crippen LogP contribution in [0.1, 0.15) is 36.5 Å². The second kappa shape index (κ2) is 7.81. The van der Waals surface area contributed by atoms with Gasteiger partial charge in [0.15, 0.2) is 5.16 Å². The third-order valence-corrected chi connectivity index (χ3v) is 7.63. The Kier molecular flexibility index (Phi) is 5.39. The number of aryl methyl sites for hydroxylation is 1. The number of thioether (sulfide) groups is 1. The zero-order chi connectivity index (χ0) is 19.8. The number of rotatable bonds is 6. The molecule has 0 aliphatic carbocycles. The zero-order valence-corrected chi connectivity index (χ0v) is 18.2. The Balaban J connectivity index is 1.62. The van der Waals surface area contributed by atoms with Gasteiger partial charge in [-0.15, -0.1) is 22.7 Å². The number of fused-ring (bicyclic) bond motifs is 2. The molecule has 9 heteroatoms. The van der Waals surface area contributed by atoms with Crippen LogP contribution in [-0.2, 0) is 12.2 Å². The Bertz CT molecular complexity index is 1270. The van der Waals surface area contributed by atoms with Crippen LogP contribution >= 0.6 is 34.4 Å². The molecule has 1 atom stereocenters. The highest BCUT2D eigenvalue weighted by Gasteiger charge is 2.17. The fourth-order valence-corrected chi connectivity index (χ4v) is 5.66. The summed E-state index contributed by atoms with van der Waals surface area (Å²) in [6.07, 6.45) is 1.97. The van der Waals surface area contributed by atoms with Crippen LogP contribution in [0.4, 0.5) is 0 Å². The minimum absolute atomic E-state index is 0.0927. The van der Waals surface area contributed by atoms with Gasteiger partial charge in [-0.25, -0.2) is 9.97 Å². The Morgan fingerprint density at radius 3 is 2.82 bits per heavy atom. The van der Waals surface area contributed by atoms with Gasteiger partial charge in [-0.2, -0.15) is 0 Å². The molecule has 0 aliphatic rings. The van der Waals surface area contributed by atoms with Crippen LogP contribution < -0.4 is 11.1 Å². The molecule has 4 heterocycles. The van der Waals surface area contributed by atoms with Gasteiger partial charge in [0.2, 0.25) is 0 Å². The summed E-state index contributed by atoms with van der Waals surface area (Å²) in [4.78, 5) is 41.6. The van der Waals surface area contributed by atoms with E-state index < -0.39 is 0 Å². The van der Waals surface area contributed by atoms with Crippen molar-refractivity contribution >= 4 is 54.9 Å². The van der Waals surface area contributed by atoms with Gasteiger partial charge >= 0.3 is 0 Å². The standard InChI is InChI=1S/C19H20N4O2S3/c1-4-9(2)7-11-10(3)28-18-14(11)16(24)22-19(23-18)27-8-13-20-12-5-6-26-15(12)17(25)21-13/h5-6,9H,4,7-8H2,1-3H3,(H,20,21,25)(H,22,23,24). The molecule has 0 saturated heterocycles. The molecule has 0 aliphatic heterocycles. The van der Waals surface area contributed by atoms with Crippen molar-refractivity contribution < 1.29 is 0 Å². The number of aromatic nitrogens is 4. The molecule has 0 bridgehead atoms. The number of aromatic amines is 2. The molecule has 4 rings (SSSR count). The normalized spacial score (nSPS) is 12.8. The van der Waals surface area contributed by atoms with E-state index in [1.165, 1.54) is 23.1 Å². The Morgan fingerprint density at radius 2 is 2.04 bits per heavy atom. The van der Waals surface area contributed by atoms with E-state index in [-0.39, 0.29) is 11.1 Å². The molecule has 0 aromatic carbocycles. The number of hydrogen-bond donors (Lipinski definition) is 2. The lowest BCUT2D eigenvalue weighted by Crippen LogP contribution is -2.12. The van der Waals surface area contributed by atoms with Crippen LogP contribution in [0.2, 0.25) is 0 Å². The first-order chi connectivity index (χ1) is 13.5. The molecule has 6 nitrogen and oxygen atoms in total. The van der Waals surface area contributed by atoms with Crippen LogP contribution in [0, 0.1) is 12.8 Å². The third-order valence-electron chi connectivity index (χ3n) is 4.80. The molecule has 0 radical (unpaired) electrons. The van der Waals surface area contributed by atoms with E-state index in [4.69, 9.17) is 0 Å². The quantitative estimate of drug-likeness (QED) is 0.346. The highest BCUT2D eigenvalue weighted by Crippen LogP contribution is 2.31. The topological polar surface area (TPSA) is 91.5 Å². The molecule has 2 N–H and O–H groups in total. The van der Waals surface area contributed by atoms with Crippen LogP contribution in [-0.4, -0.2) is 19.9 Å². The van der Waals surface area contributed by atoms with E-state index in [0.29, 0.717) is 32.9 Å². The van der Waals surface area contributed by atoms with E-state index >= 15 is 0 Å². The van der Waals surface area contributed by atoms with Crippen molar-refractivity contribution in [2.24, 2.45) is 5.92 Å². The van der Waals surface area contributed by atoms with Crippen molar-refractivity contribution in [3.63, 3.8) is 0 Å². The molecule has 1 unspecified atom stereocenters. The maximum absolute atomic E-state index is 12.7. The van der Waals surface area contributed by atoms with E-state index in [2.05, 4.69) is 40.7 Å². The largest absolute Gasteiger partial charge is 0.309 e. The molecule has 28 heavy (non-hydrogen) atoms. The van der Waals surface area contributed by atoms with Gasteiger partial charge in [0.1, 0.15) is 15.4 Å². The van der Waals surface area contributed by atoms with E-state index in [1.54, 1.807) is 11.3 Å². The molecule has 0 amide bonds. The molecular weight excluding hydrogens is 412 g/mol. The highest BCUT2D eigenvalue weighted by atomic mass is 32.2. The average Bonchev–Trinajstić information content (AvgIpc) is 3.25. The number of nitrogens with zero attached hydrogens (tertiary/aromatic N) is 2. The monoisotopic (exact) mass is 432 g/mol. The van der Waals surface area contributed by atoms with Gasteiger partial charge in [0.25, 0.3) is 11.1 Å². The molecule has 0 fully saturated rings. The summed E-state index contributed by atoms with van der Waals surface area (Å²) in [5.74, 6) is 1.53. The molecular formula is C19H20N4O2S3.